The number of aromatic nitrogens is 2. The van der Waals surface area contributed by atoms with Crippen LogP contribution < -0.4 is 11.1 Å². The summed E-state index contributed by atoms with van der Waals surface area (Å²) in [6, 6.07) is 1.96. The van der Waals surface area contributed by atoms with Crippen LogP contribution in [0.1, 0.15) is 0 Å². The molecule has 0 saturated carbocycles. The molecule has 0 saturated heterocycles. The molecule has 1 amide bonds. The number of hydrogen-bond donors (Lipinski definition) is 2. The van der Waals surface area contributed by atoms with Gasteiger partial charge in [-0.2, -0.15) is 0 Å². The third-order valence-electron chi connectivity index (χ3n) is 2.26. The Balaban J connectivity index is 2.83. The fourth-order valence-corrected chi connectivity index (χ4v) is 1.42. The molecule has 0 aromatic carbocycles. The topological polar surface area (TPSA) is 95.4 Å². The minimum atomic E-state index is -2.75. The molecule has 0 spiro atoms. The molecule has 0 aliphatic rings. The third-order valence-corrected chi connectivity index (χ3v) is 2.26. The van der Waals surface area contributed by atoms with Crippen molar-refractivity contribution in [2.24, 2.45) is 0 Å². The Morgan fingerprint density at radius 2 is 2.11 bits per heavy atom. The summed E-state index contributed by atoms with van der Waals surface area (Å²) < 4.78 is 25.2. The maximum atomic E-state index is 12.2. The normalized spacial score (nSPS) is 10.7. The van der Waals surface area contributed by atoms with E-state index in [1.165, 1.54) is 0 Å². The van der Waals surface area contributed by atoms with E-state index in [-0.39, 0.29) is 6.54 Å². The van der Waals surface area contributed by atoms with E-state index in [0.717, 1.165) is 21.7 Å². The van der Waals surface area contributed by atoms with Gasteiger partial charge in [0.25, 0.3) is 17.5 Å². The second-order valence-electron chi connectivity index (χ2n) is 3.69. The molecule has 0 aliphatic carbocycles. The second-order valence-corrected chi connectivity index (χ2v) is 3.69. The van der Waals surface area contributed by atoms with E-state index in [9.17, 15) is 23.2 Å². The Morgan fingerprint density at radius 1 is 1.42 bits per heavy atom. The number of halogens is 2. The van der Waals surface area contributed by atoms with Crippen LogP contribution in [0.2, 0.25) is 0 Å². The molecule has 0 fully saturated rings. The van der Waals surface area contributed by atoms with Crippen molar-refractivity contribution in [1.82, 2.24) is 14.7 Å². The summed E-state index contributed by atoms with van der Waals surface area (Å²) in [6.45, 7) is -2.15. The van der Waals surface area contributed by atoms with Gasteiger partial charge in [-0.15, -0.1) is 0 Å². The van der Waals surface area contributed by atoms with E-state index in [2.05, 4.69) is 5.10 Å². The molecule has 1 heterocycles. The quantitative estimate of drug-likeness (QED) is 0.670. The van der Waals surface area contributed by atoms with Crippen LogP contribution in [-0.4, -0.2) is 51.8 Å². The number of aliphatic hydroxyl groups is 1. The van der Waals surface area contributed by atoms with Gasteiger partial charge >= 0.3 is 0 Å². The summed E-state index contributed by atoms with van der Waals surface area (Å²) in [5.41, 5.74) is -1.22. The van der Waals surface area contributed by atoms with Crippen molar-refractivity contribution in [3.8, 4) is 0 Å². The van der Waals surface area contributed by atoms with Crippen molar-refractivity contribution in [2.45, 2.75) is 13.0 Å². The predicted octanol–water partition coefficient (Wildman–Crippen LogP) is -1.38. The van der Waals surface area contributed by atoms with Gasteiger partial charge in [0, 0.05) is 18.7 Å². The lowest BCUT2D eigenvalue weighted by atomic mass is 10.4. The zero-order valence-electron chi connectivity index (χ0n) is 9.88. The SMILES string of the molecule is O=C(Cn1[nH]c(=O)ccc1=O)N(CCO)CC(F)F. The molecule has 1 rings (SSSR count). The highest BCUT2D eigenvalue weighted by Crippen LogP contribution is 1.99. The Morgan fingerprint density at radius 3 is 2.68 bits per heavy atom. The highest BCUT2D eigenvalue weighted by atomic mass is 19.3. The third kappa shape index (κ3) is 4.62. The first-order valence-corrected chi connectivity index (χ1v) is 5.41. The van der Waals surface area contributed by atoms with Crippen molar-refractivity contribution < 1.29 is 18.7 Å². The smallest absolute Gasteiger partial charge is 0.265 e. The van der Waals surface area contributed by atoms with Crippen molar-refractivity contribution >= 4 is 5.91 Å². The number of nitrogens with zero attached hydrogens (tertiary/aromatic N) is 2. The number of carbonyl (C=O) groups is 1. The lowest BCUT2D eigenvalue weighted by Crippen LogP contribution is -2.42. The Hall–Kier alpha value is -2.03. The maximum Gasteiger partial charge on any atom is 0.265 e. The van der Waals surface area contributed by atoms with Gasteiger partial charge in [-0.3, -0.25) is 19.5 Å². The number of alkyl halides is 2. The highest BCUT2D eigenvalue weighted by Gasteiger charge is 2.18. The van der Waals surface area contributed by atoms with Crippen molar-refractivity contribution in [3.63, 3.8) is 0 Å². The van der Waals surface area contributed by atoms with Crippen LogP contribution in [0.3, 0.4) is 0 Å². The molecule has 0 bridgehead atoms. The molecule has 106 valence electrons. The Kier molecular flexibility index (Phi) is 5.37. The summed E-state index contributed by atoms with van der Waals surface area (Å²) >= 11 is 0. The molecule has 1 aromatic rings. The van der Waals surface area contributed by atoms with E-state index < -0.39 is 43.1 Å². The number of carbonyl (C=O) groups excluding carboxylic acids is 1. The number of aromatic amines is 1. The van der Waals surface area contributed by atoms with E-state index in [1.54, 1.807) is 0 Å². The van der Waals surface area contributed by atoms with Crippen LogP contribution in [0, 0.1) is 0 Å². The first-order valence-electron chi connectivity index (χ1n) is 5.41. The summed E-state index contributed by atoms with van der Waals surface area (Å²) in [6.07, 6.45) is -2.75. The van der Waals surface area contributed by atoms with Crippen LogP contribution >= 0.6 is 0 Å². The molecule has 0 aliphatic heterocycles. The van der Waals surface area contributed by atoms with Crippen LogP contribution in [0.5, 0.6) is 0 Å². The average molecular weight is 277 g/mol. The summed E-state index contributed by atoms with van der Waals surface area (Å²) in [5, 5.41) is 10.8. The van der Waals surface area contributed by atoms with E-state index in [1.807, 2.05) is 0 Å². The number of hydrogen-bond acceptors (Lipinski definition) is 4. The van der Waals surface area contributed by atoms with Crippen LogP contribution in [0.15, 0.2) is 21.7 Å². The first-order chi connectivity index (χ1) is 8.93. The minimum Gasteiger partial charge on any atom is -0.395 e. The molecule has 7 nitrogen and oxygen atoms in total. The average Bonchev–Trinajstić information content (AvgIpc) is 2.32. The summed E-state index contributed by atoms with van der Waals surface area (Å²) in [7, 11) is 0. The number of amides is 1. The van der Waals surface area contributed by atoms with Gasteiger partial charge in [0.15, 0.2) is 0 Å². The standard InChI is InChI=1S/C10H13F2N3O4/c11-7(12)5-14(3-4-16)10(19)6-15-9(18)2-1-8(17)13-15/h1-2,7,16H,3-6H2,(H,13,17). The largest absolute Gasteiger partial charge is 0.395 e. The molecule has 9 heteroatoms. The number of H-pyrrole nitrogens is 1. The monoisotopic (exact) mass is 277 g/mol. The molecule has 0 unspecified atom stereocenters. The second kappa shape index (κ2) is 6.78. The van der Waals surface area contributed by atoms with Crippen LogP contribution in [0.4, 0.5) is 8.78 Å². The Bertz CT molecular complexity index is 540. The number of aliphatic hydroxyl groups excluding tert-OH is 1. The van der Waals surface area contributed by atoms with Gasteiger partial charge in [0.1, 0.15) is 6.54 Å². The van der Waals surface area contributed by atoms with E-state index >= 15 is 0 Å². The number of rotatable bonds is 6. The zero-order chi connectivity index (χ0) is 14.4. The lowest BCUT2D eigenvalue weighted by molar-refractivity contribution is -0.134. The summed E-state index contributed by atoms with van der Waals surface area (Å²) in [4.78, 5) is 34.8. The zero-order valence-corrected chi connectivity index (χ0v) is 9.88. The van der Waals surface area contributed by atoms with Gasteiger partial charge in [0.05, 0.1) is 13.2 Å². The van der Waals surface area contributed by atoms with E-state index in [4.69, 9.17) is 5.11 Å². The molecule has 1 aromatic heterocycles. The predicted molar refractivity (Wildman–Crippen MR) is 61.0 cm³/mol. The lowest BCUT2D eigenvalue weighted by Gasteiger charge is -2.21. The van der Waals surface area contributed by atoms with Crippen molar-refractivity contribution in [2.75, 3.05) is 19.7 Å². The molecule has 0 radical (unpaired) electrons. The fourth-order valence-electron chi connectivity index (χ4n) is 1.42. The number of nitrogens with one attached hydrogen (secondary N) is 1. The Labute approximate surface area is 106 Å². The summed E-state index contributed by atoms with van der Waals surface area (Å²) in [5.74, 6) is -0.793. The van der Waals surface area contributed by atoms with Crippen molar-refractivity contribution in [1.29, 1.82) is 0 Å². The molecule has 19 heavy (non-hydrogen) atoms. The van der Waals surface area contributed by atoms with Crippen molar-refractivity contribution in [3.05, 3.63) is 32.8 Å². The maximum absolute atomic E-state index is 12.2. The molecular weight excluding hydrogens is 264 g/mol. The first kappa shape index (κ1) is 15.0. The molecule has 2 N–H and O–H groups in total. The molecular formula is C10H13F2N3O4. The molecule has 0 atom stereocenters. The van der Waals surface area contributed by atoms with Gasteiger partial charge < -0.3 is 10.0 Å². The van der Waals surface area contributed by atoms with Gasteiger partial charge in [0.2, 0.25) is 5.91 Å². The van der Waals surface area contributed by atoms with Gasteiger partial charge in [-0.1, -0.05) is 0 Å². The van der Waals surface area contributed by atoms with Gasteiger partial charge in [-0.05, 0) is 0 Å². The van der Waals surface area contributed by atoms with E-state index in [0.29, 0.717) is 0 Å². The fraction of sp³-hybridized carbons (Fsp3) is 0.500. The van der Waals surface area contributed by atoms with Gasteiger partial charge in [-0.25, -0.2) is 13.5 Å². The minimum absolute atomic E-state index is 0.269. The van der Waals surface area contributed by atoms with Crippen LogP contribution in [0.25, 0.3) is 0 Å². The highest BCUT2D eigenvalue weighted by molar-refractivity contribution is 5.75. The van der Waals surface area contributed by atoms with Crippen LogP contribution in [-0.2, 0) is 11.3 Å².